The summed E-state index contributed by atoms with van der Waals surface area (Å²) in [5, 5.41) is 3.00. The second-order valence-corrected chi connectivity index (χ2v) is 7.75. The normalized spacial score (nSPS) is 24.9. The molecule has 0 aliphatic heterocycles. The Balaban J connectivity index is 1.57. The van der Waals surface area contributed by atoms with Crippen LogP contribution in [-0.2, 0) is 10.3 Å². The lowest BCUT2D eigenvalue weighted by Crippen LogP contribution is -2.42. The fourth-order valence-electron chi connectivity index (χ4n) is 3.81. The average molecular weight is 325 g/mol. The molecule has 128 valence electrons. The highest BCUT2D eigenvalue weighted by atomic mass is 16.5. The topological polar surface area (TPSA) is 38.3 Å². The fourth-order valence-corrected chi connectivity index (χ4v) is 3.81. The maximum Gasteiger partial charge on any atom is 0.407 e. The van der Waals surface area contributed by atoms with Gasteiger partial charge in [0.2, 0.25) is 0 Å². The van der Waals surface area contributed by atoms with Gasteiger partial charge in [0, 0.05) is 5.92 Å². The third-order valence-electron chi connectivity index (χ3n) is 5.34. The van der Waals surface area contributed by atoms with E-state index in [1.807, 2.05) is 39.0 Å². The summed E-state index contributed by atoms with van der Waals surface area (Å²) < 4.78 is 5.51. The molecule has 0 aromatic heterocycles. The molecule has 3 unspecified atom stereocenters. The summed E-state index contributed by atoms with van der Waals surface area (Å²) in [6, 6.07) is 8.12. The van der Waals surface area contributed by atoms with Crippen molar-refractivity contribution in [2.75, 3.05) is 6.61 Å². The van der Waals surface area contributed by atoms with Crippen molar-refractivity contribution < 1.29 is 9.53 Å². The van der Waals surface area contributed by atoms with Crippen LogP contribution < -0.4 is 5.32 Å². The summed E-state index contributed by atoms with van der Waals surface area (Å²) in [6.45, 7) is 10.5. The molecule has 0 saturated heterocycles. The number of alkyl carbamates (subject to hydrolysis) is 1. The van der Waals surface area contributed by atoms with E-state index in [1.165, 1.54) is 6.42 Å². The first-order valence-corrected chi connectivity index (χ1v) is 8.75. The lowest BCUT2D eigenvalue weighted by atomic mass is 9.92. The zero-order chi connectivity index (χ0) is 17.3. The molecule has 1 aromatic carbocycles. The molecule has 0 heterocycles. The summed E-state index contributed by atoms with van der Waals surface area (Å²) in [4.78, 5) is 12.2. The number of nitrogens with one attached hydrogen (secondary N) is 1. The zero-order valence-electron chi connectivity index (χ0n) is 14.8. The molecule has 1 N–H and O–H groups in total. The number of carbonyl (C=O) groups excluding carboxylic acids is 1. The summed E-state index contributed by atoms with van der Waals surface area (Å²) in [6.07, 6.45) is 6.63. The number of ether oxygens (including phenoxy) is 1. The Hall–Kier alpha value is -2.03. The van der Waals surface area contributed by atoms with E-state index in [2.05, 4.69) is 30.1 Å². The molecule has 3 rings (SSSR count). The van der Waals surface area contributed by atoms with Crippen LogP contribution in [0.4, 0.5) is 4.79 Å². The largest absolute Gasteiger partial charge is 0.449 e. The molecular weight excluding hydrogens is 298 g/mol. The van der Waals surface area contributed by atoms with Gasteiger partial charge in [-0.2, -0.15) is 0 Å². The van der Waals surface area contributed by atoms with Gasteiger partial charge in [0.15, 0.2) is 0 Å². The number of amides is 1. The van der Waals surface area contributed by atoms with Gasteiger partial charge in [0.25, 0.3) is 0 Å². The van der Waals surface area contributed by atoms with Crippen LogP contribution in [0.25, 0.3) is 5.57 Å². The Morgan fingerprint density at radius 1 is 1.33 bits per heavy atom. The fraction of sp³-hybridized carbons (Fsp3) is 0.476. The van der Waals surface area contributed by atoms with Crippen molar-refractivity contribution in [1.29, 1.82) is 0 Å². The molecular formula is C21H27NO2. The van der Waals surface area contributed by atoms with Crippen LogP contribution in [0.5, 0.6) is 0 Å². The highest BCUT2D eigenvalue weighted by Crippen LogP contribution is 2.43. The Kier molecular flexibility index (Phi) is 4.53. The van der Waals surface area contributed by atoms with Gasteiger partial charge in [-0.15, -0.1) is 0 Å². The molecule has 1 aromatic rings. The number of carbonyl (C=O) groups is 1. The minimum absolute atomic E-state index is 0.340. The number of fused-ring (bicyclic) bond motifs is 2. The van der Waals surface area contributed by atoms with Crippen molar-refractivity contribution in [3.05, 3.63) is 54.1 Å². The lowest BCUT2D eigenvalue weighted by Gasteiger charge is -2.27. The Morgan fingerprint density at radius 2 is 2.12 bits per heavy atom. The number of allylic oxidation sites excluding steroid dienone is 3. The highest BCUT2D eigenvalue weighted by molar-refractivity contribution is 5.69. The summed E-state index contributed by atoms with van der Waals surface area (Å²) in [5.41, 5.74) is 2.66. The predicted molar refractivity (Wildman–Crippen MR) is 97.5 cm³/mol. The Morgan fingerprint density at radius 3 is 2.75 bits per heavy atom. The van der Waals surface area contributed by atoms with Crippen molar-refractivity contribution in [3.63, 3.8) is 0 Å². The maximum absolute atomic E-state index is 12.2. The van der Waals surface area contributed by atoms with E-state index >= 15 is 0 Å². The van der Waals surface area contributed by atoms with Gasteiger partial charge in [-0.25, -0.2) is 4.79 Å². The molecule has 1 amide bonds. The van der Waals surface area contributed by atoms with Gasteiger partial charge in [-0.3, -0.25) is 0 Å². The number of hydrogen-bond acceptors (Lipinski definition) is 2. The number of benzene rings is 1. The SMILES string of the molecule is C=C(C)c1cccc(C(C)(C)NC(=O)OCC2CC3C=CC2C3)c1. The van der Waals surface area contributed by atoms with E-state index in [9.17, 15) is 4.79 Å². The smallest absolute Gasteiger partial charge is 0.407 e. The monoisotopic (exact) mass is 325 g/mol. The van der Waals surface area contributed by atoms with E-state index in [-0.39, 0.29) is 6.09 Å². The van der Waals surface area contributed by atoms with Crippen LogP contribution in [0.1, 0.15) is 44.7 Å². The molecule has 3 nitrogen and oxygen atoms in total. The van der Waals surface area contributed by atoms with Gasteiger partial charge in [-0.05, 0) is 62.6 Å². The predicted octanol–water partition coefficient (Wildman–Crippen LogP) is 4.89. The minimum atomic E-state index is -0.489. The van der Waals surface area contributed by atoms with Crippen molar-refractivity contribution >= 4 is 11.7 Å². The van der Waals surface area contributed by atoms with Crippen molar-refractivity contribution in [2.45, 2.75) is 39.2 Å². The number of hydrogen-bond donors (Lipinski definition) is 1. The molecule has 1 fully saturated rings. The molecule has 3 heteroatoms. The molecule has 0 radical (unpaired) electrons. The number of rotatable bonds is 5. The first kappa shape index (κ1) is 16.8. The third-order valence-corrected chi connectivity index (χ3v) is 5.34. The molecule has 24 heavy (non-hydrogen) atoms. The van der Waals surface area contributed by atoms with Gasteiger partial charge >= 0.3 is 6.09 Å². The maximum atomic E-state index is 12.2. The zero-order valence-corrected chi connectivity index (χ0v) is 14.8. The molecule has 0 spiro atoms. The van der Waals surface area contributed by atoms with Crippen LogP contribution in [0.2, 0.25) is 0 Å². The first-order chi connectivity index (χ1) is 11.3. The van der Waals surface area contributed by atoms with Crippen molar-refractivity contribution in [3.8, 4) is 0 Å². The Bertz CT molecular complexity index is 674. The molecule has 3 atom stereocenters. The third kappa shape index (κ3) is 3.55. The first-order valence-electron chi connectivity index (χ1n) is 8.75. The molecule has 2 aliphatic rings. The van der Waals surface area contributed by atoms with Crippen LogP contribution in [-0.4, -0.2) is 12.7 Å². The van der Waals surface area contributed by atoms with Crippen molar-refractivity contribution in [2.24, 2.45) is 17.8 Å². The van der Waals surface area contributed by atoms with Crippen molar-refractivity contribution in [1.82, 2.24) is 5.32 Å². The van der Waals surface area contributed by atoms with Crippen LogP contribution in [0.3, 0.4) is 0 Å². The van der Waals surface area contributed by atoms with Gasteiger partial charge in [0.1, 0.15) is 0 Å². The lowest BCUT2D eigenvalue weighted by molar-refractivity contribution is 0.112. The van der Waals surface area contributed by atoms with Crippen LogP contribution in [0, 0.1) is 17.8 Å². The van der Waals surface area contributed by atoms with Gasteiger partial charge in [0.05, 0.1) is 12.1 Å². The standard InChI is InChI=1S/C21H27NO2/c1-14(2)16-6-5-7-19(12-16)21(3,4)22-20(23)24-13-18-11-15-8-9-17(18)10-15/h5-9,12,15,17-18H,1,10-11,13H2,2-4H3,(H,22,23). The van der Waals surface area contributed by atoms with E-state index in [0.29, 0.717) is 24.4 Å². The average Bonchev–Trinajstić information content (AvgIpc) is 3.15. The summed E-state index contributed by atoms with van der Waals surface area (Å²) >= 11 is 0. The molecule has 2 bridgehead atoms. The van der Waals surface area contributed by atoms with Gasteiger partial charge < -0.3 is 10.1 Å². The van der Waals surface area contributed by atoms with Crippen LogP contribution in [0.15, 0.2) is 43.0 Å². The van der Waals surface area contributed by atoms with E-state index in [4.69, 9.17) is 4.74 Å². The van der Waals surface area contributed by atoms with E-state index in [0.717, 1.165) is 23.1 Å². The Labute approximate surface area is 144 Å². The highest BCUT2D eigenvalue weighted by Gasteiger charge is 2.36. The molecule has 2 aliphatic carbocycles. The van der Waals surface area contributed by atoms with E-state index in [1.54, 1.807) is 0 Å². The van der Waals surface area contributed by atoms with Crippen LogP contribution >= 0.6 is 0 Å². The second-order valence-electron chi connectivity index (χ2n) is 7.75. The minimum Gasteiger partial charge on any atom is -0.449 e. The van der Waals surface area contributed by atoms with Gasteiger partial charge in [-0.1, -0.05) is 42.5 Å². The summed E-state index contributed by atoms with van der Waals surface area (Å²) in [5.74, 6) is 1.79. The summed E-state index contributed by atoms with van der Waals surface area (Å²) in [7, 11) is 0. The quantitative estimate of drug-likeness (QED) is 0.783. The van der Waals surface area contributed by atoms with E-state index < -0.39 is 5.54 Å². The second kappa shape index (κ2) is 6.46. The molecule has 1 saturated carbocycles.